The lowest BCUT2D eigenvalue weighted by atomic mass is 9.94. The van der Waals surface area contributed by atoms with Crippen LogP contribution in [0.15, 0.2) is 11.6 Å². The van der Waals surface area contributed by atoms with Gasteiger partial charge in [-0.3, -0.25) is 0 Å². The van der Waals surface area contributed by atoms with Crippen LogP contribution < -0.4 is 0 Å². The zero-order valence-electron chi connectivity index (χ0n) is 9.38. The molecule has 0 aromatic rings. The van der Waals surface area contributed by atoms with Crippen molar-refractivity contribution < 1.29 is 4.74 Å². The van der Waals surface area contributed by atoms with Gasteiger partial charge in [0.05, 0.1) is 11.5 Å². The summed E-state index contributed by atoms with van der Waals surface area (Å²) < 4.78 is 5.62. The number of rotatable bonds is 4. The van der Waals surface area contributed by atoms with E-state index in [4.69, 9.17) is 16.3 Å². The Morgan fingerprint density at radius 1 is 1.33 bits per heavy atom. The lowest BCUT2D eigenvalue weighted by Gasteiger charge is -2.17. The maximum atomic E-state index is 6.12. The molecule has 2 atom stereocenters. The molecule has 15 heavy (non-hydrogen) atoms. The largest absolute Gasteiger partial charge is 0.378 e. The Kier molecular flexibility index (Phi) is 4.52. The Labute approximate surface area is 97.8 Å². The normalized spacial score (nSPS) is 31.7. The molecule has 2 heteroatoms. The number of hydrogen-bond donors (Lipinski definition) is 0. The highest BCUT2D eigenvalue weighted by Crippen LogP contribution is 2.26. The van der Waals surface area contributed by atoms with Crippen LogP contribution in [0.25, 0.3) is 0 Å². The minimum absolute atomic E-state index is 0.302. The van der Waals surface area contributed by atoms with Crippen LogP contribution in [0, 0.1) is 0 Å². The van der Waals surface area contributed by atoms with Crippen molar-refractivity contribution in [2.45, 2.75) is 62.8 Å². The predicted molar refractivity (Wildman–Crippen MR) is 64.4 cm³/mol. The van der Waals surface area contributed by atoms with Crippen LogP contribution in [0.2, 0.25) is 0 Å². The first-order chi connectivity index (χ1) is 7.34. The van der Waals surface area contributed by atoms with E-state index in [2.05, 4.69) is 6.08 Å². The van der Waals surface area contributed by atoms with Gasteiger partial charge in [-0.15, -0.1) is 11.6 Å². The van der Waals surface area contributed by atoms with Gasteiger partial charge in [-0.1, -0.05) is 11.6 Å². The summed E-state index contributed by atoms with van der Waals surface area (Å²) >= 11 is 6.12. The van der Waals surface area contributed by atoms with Gasteiger partial charge in [0.1, 0.15) is 0 Å². The van der Waals surface area contributed by atoms with Crippen LogP contribution in [0.4, 0.5) is 0 Å². The van der Waals surface area contributed by atoms with E-state index in [1.165, 1.54) is 44.9 Å². The molecule has 0 radical (unpaired) electrons. The highest BCUT2D eigenvalue weighted by molar-refractivity contribution is 6.21. The average Bonchev–Trinajstić information content (AvgIpc) is 2.71. The van der Waals surface area contributed by atoms with Gasteiger partial charge in [0.15, 0.2) is 0 Å². The monoisotopic (exact) mass is 228 g/mol. The first-order valence-corrected chi connectivity index (χ1v) is 6.73. The molecule has 1 heterocycles. The first-order valence-electron chi connectivity index (χ1n) is 6.30. The molecule has 0 spiro atoms. The Morgan fingerprint density at radius 3 is 3.00 bits per heavy atom. The molecule has 1 saturated heterocycles. The van der Waals surface area contributed by atoms with Crippen molar-refractivity contribution in [3.05, 3.63) is 11.6 Å². The highest BCUT2D eigenvalue weighted by atomic mass is 35.5. The number of halogens is 1. The SMILES string of the molecule is ClC1C=C(CCCC2CCCO2)CCC1. The van der Waals surface area contributed by atoms with Crippen molar-refractivity contribution in [1.82, 2.24) is 0 Å². The predicted octanol–water partition coefficient (Wildman–Crippen LogP) is 4.05. The molecule has 0 bridgehead atoms. The zero-order chi connectivity index (χ0) is 10.5. The Morgan fingerprint density at radius 2 is 2.27 bits per heavy atom. The van der Waals surface area contributed by atoms with Crippen LogP contribution in [0.1, 0.15) is 51.4 Å². The van der Waals surface area contributed by atoms with Crippen LogP contribution in [-0.4, -0.2) is 18.1 Å². The molecule has 1 aliphatic heterocycles. The molecule has 2 rings (SSSR count). The fourth-order valence-electron chi connectivity index (χ4n) is 2.58. The molecule has 0 amide bonds. The molecule has 1 fully saturated rings. The summed E-state index contributed by atoms with van der Waals surface area (Å²) in [6.45, 7) is 0.983. The van der Waals surface area contributed by atoms with Crippen molar-refractivity contribution in [3.8, 4) is 0 Å². The number of alkyl halides is 1. The molecule has 2 unspecified atom stereocenters. The second kappa shape index (κ2) is 5.91. The summed E-state index contributed by atoms with van der Waals surface area (Å²) in [7, 11) is 0. The first kappa shape index (κ1) is 11.5. The smallest absolute Gasteiger partial charge is 0.0576 e. The highest BCUT2D eigenvalue weighted by Gasteiger charge is 2.16. The zero-order valence-corrected chi connectivity index (χ0v) is 10.1. The molecule has 0 saturated carbocycles. The quantitative estimate of drug-likeness (QED) is 0.521. The third kappa shape index (κ3) is 3.81. The third-order valence-electron chi connectivity index (χ3n) is 3.44. The molecular formula is C13H21ClO. The molecule has 1 aliphatic carbocycles. The van der Waals surface area contributed by atoms with Crippen molar-refractivity contribution in [1.29, 1.82) is 0 Å². The molecule has 0 aromatic carbocycles. The maximum Gasteiger partial charge on any atom is 0.0576 e. The van der Waals surface area contributed by atoms with Crippen molar-refractivity contribution >= 4 is 11.6 Å². The van der Waals surface area contributed by atoms with E-state index in [1.807, 2.05) is 0 Å². The molecule has 0 aromatic heterocycles. The third-order valence-corrected chi connectivity index (χ3v) is 3.79. The summed E-state index contributed by atoms with van der Waals surface area (Å²) in [6, 6.07) is 0. The fraction of sp³-hybridized carbons (Fsp3) is 0.846. The average molecular weight is 229 g/mol. The second-order valence-electron chi connectivity index (χ2n) is 4.76. The summed E-state index contributed by atoms with van der Waals surface area (Å²) in [5, 5.41) is 0.302. The minimum Gasteiger partial charge on any atom is -0.378 e. The van der Waals surface area contributed by atoms with Crippen molar-refractivity contribution in [2.75, 3.05) is 6.61 Å². The van der Waals surface area contributed by atoms with Crippen LogP contribution in [0.5, 0.6) is 0 Å². The van der Waals surface area contributed by atoms with Gasteiger partial charge in [-0.2, -0.15) is 0 Å². The van der Waals surface area contributed by atoms with E-state index in [0.717, 1.165) is 13.0 Å². The van der Waals surface area contributed by atoms with Gasteiger partial charge < -0.3 is 4.74 Å². The van der Waals surface area contributed by atoms with E-state index in [1.54, 1.807) is 5.57 Å². The van der Waals surface area contributed by atoms with Gasteiger partial charge in [0.25, 0.3) is 0 Å². The second-order valence-corrected chi connectivity index (χ2v) is 5.32. The summed E-state index contributed by atoms with van der Waals surface area (Å²) in [5.74, 6) is 0. The molecule has 0 N–H and O–H groups in total. The summed E-state index contributed by atoms with van der Waals surface area (Å²) in [5.41, 5.74) is 1.58. The number of allylic oxidation sites excluding steroid dienone is 2. The van der Waals surface area contributed by atoms with Crippen molar-refractivity contribution in [2.24, 2.45) is 0 Å². The lowest BCUT2D eigenvalue weighted by molar-refractivity contribution is 0.102. The van der Waals surface area contributed by atoms with Crippen LogP contribution >= 0.6 is 11.6 Å². The number of ether oxygens (including phenoxy) is 1. The standard InChI is InChI=1S/C13H21ClO/c14-12-6-1-4-11(10-12)5-2-7-13-8-3-9-15-13/h10,12-13H,1-9H2. The van der Waals surface area contributed by atoms with Crippen molar-refractivity contribution in [3.63, 3.8) is 0 Å². The maximum absolute atomic E-state index is 6.12. The summed E-state index contributed by atoms with van der Waals surface area (Å²) in [4.78, 5) is 0. The topological polar surface area (TPSA) is 9.23 Å². The van der Waals surface area contributed by atoms with Crippen LogP contribution in [0.3, 0.4) is 0 Å². The van der Waals surface area contributed by atoms with Gasteiger partial charge in [0, 0.05) is 6.61 Å². The van der Waals surface area contributed by atoms with E-state index in [0.29, 0.717) is 11.5 Å². The van der Waals surface area contributed by atoms with Gasteiger partial charge in [0.2, 0.25) is 0 Å². The van der Waals surface area contributed by atoms with Gasteiger partial charge in [-0.05, 0) is 51.4 Å². The Hall–Kier alpha value is -0.0100. The lowest BCUT2D eigenvalue weighted by Crippen LogP contribution is -2.06. The molecular weight excluding hydrogens is 208 g/mol. The van der Waals surface area contributed by atoms with E-state index in [9.17, 15) is 0 Å². The Bertz CT molecular complexity index is 219. The summed E-state index contributed by atoms with van der Waals surface area (Å²) in [6.07, 6.45) is 12.8. The van der Waals surface area contributed by atoms with E-state index in [-0.39, 0.29) is 0 Å². The van der Waals surface area contributed by atoms with E-state index < -0.39 is 0 Å². The minimum atomic E-state index is 0.302. The Balaban J connectivity index is 1.64. The molecule has 1 nitrogen and oxygen atoms in total. The fourth-order valence-corrected chi connectivity index (χ4v) is 2.92. The van der Waals surface area contributed by atoms with Gasteiger partial charge in [-0.25, -0.2) is 0 Å². The van der Waals surface area contributed by atoms with E-state index >= 15 is 0 Å². The van der Waals surface area contributed by atoms with Gasteiger partial charge >= 0.3 is 0 Å². The number of hydrogen-bond acceptors (Lipinski definition) is 1. The molecule has 86 valence electrons. The molecule has 2 aliphatic rings. The van der Waals surface area contributed by atoms with Crippen LogP contribution in [-0.2, 0) is 4.74 Å².